The molecule has 5 heteroatoms. The Morgan fingerprint density at radius 1 is 1.06 bits per heavy atom. The SMILES string of the molecule is O=C(OCc1ccc(Br)cc1)c1c2c(nc3ccccc13)C(=Cc1cccs1)CCC2. The number of hydrogen-bond donors (Lipinski definition) is 0. The molecule has 0 amide bonds. The third-order valence-electron chi connectivity index (χ3n) is 5.52. The predicted molar refractivity (Wildman–Crippen MR) is 130 cm³/mol. The molecule has 1 aliphatic rings. The van der Waals surface area contributed by atoms with E-state index in [1.807, 2.05) is 48.5 Å². The number of ether oxygens (including phenoxy) is 1. The summed E-state index contributed by atoms with van der Waals surface area (Å²) in [7, 11) is 0. The van der Waals surface area contributed by atoms with Gasteiger partial charge in [0.1, 0.15) is 6.61 Å². The van der Waals surface area contributed by atoms with Crippen molar-refractivity contribution in [2.75, 3.05) is 0 Å². The maximum absolute atomic E-state index is 13.3. The normalized spacial score (nSPS) is 14.5. The molecule has 2 heterocycles. The topological polar surface area (TPSA) is 39.2 Å². The molecule has 0 atom stereocenters. The van der Waals surface area contributed by atoms with E-state index in [2.05, 4.69) is 39.5 Å². The van der Waals surface area contributed by atoms with E-state index in [0.717, 1.165) is 51.5 Å². The third kappa shape index (κ3) is 4.21. The van der Waals surface area contributed by atoms with Crippen LogP contribution in [0.2, 0.25) is 0 Å². The lowest BCUT2D eigenvalue weighted by atomic mass is 9.86. The zero-order valence-electron chi connectivity index (χ0n) is 16.8. The summed E-state index contributed by atoms with van der Waals surface area (Å²) in [5, 5.41) is 2.94. The van der Waals surface area contributed by atoms with Crippen LogP contribution in [0, 0.1) is 0 Å². The molecular formula is C26H20BrNO2S. The van der Waals surface area contributed by atoms with Crippen molar-refractivity contribution >= 4 is 55.8 Å². The summed E-state index contributed by atoms with van der Waals surface area (Å²) in [5.74, 6) is -0.282. The molecule has 2 aromatic carbocycles. The van der Waals surface area contributed by atoms with Gasteiger partial charge in [0.25, 0.3) is 0 Å². The molecule has 0 radical (unpaired) electrons. The average molecular weight is 490 g/mol. The van der Waals surface area contributed by atoms with Gasteiger partial charge in [-0.1, -0.05) is 52.3 Å². The van der Waals surface area contributed by atoms with Crippen LogP contribution in [-0.2, 0) is 17.8 Å². The Morgan fingerprint density at radius 2 is 1.90 bits per heavy atom. The first-order valence-corrected chi connectivity index (χ1v) is 11.9. The number of pyridine rings is 1. The Bertz CT molecular complexity index is 1280. The summed E-state index contributed by atoms with van der Waals surface area (Å²) >= 11 is 5.15. The number of aromatic nitrogens is 1. The molecule has 4 aromatic rings. The highest BCUT2D eigenvalue weighted by atomic mass is 79.9. The minimum atomic E-state index is -0.282. The Kier molecular flexibility index (Phi) is 5.70. The molecule has 0 aliphatic heterocycles. The van der Waals surface area contributed by atoms with E-state index in [-0.39, 0.29) is 12.6 Å². The molecule has 0 N–H and O–H groups in total. The minimum absolute atomic E-state index is 0.245. The lowest BCUT2D eigenvalue weighted by Crippen LogP contribution is -2.15. The smallest absolute Gasteiger partial charge is 0.339 e. The maximum Gasteiger partial charge on any atom is 0.339 e. The van der Waals surface area contributed by atoms with Gasteiger partial charge in [0.2, 0.25) is 0 Å². The maximum atomic E-state index is 13.3. The fourth-order valence-corrected chi connectivity index (χ4v) is 5.00. The Balaban J connectivity index is 1.57. The fourth-order valence-electron chi connectivity index (χ4n) is 4.05. The molecule has 1 aliphatic carbocycles. The largest absolute Gasteiger partial charge is 0.457 e. The van der Waals surface area contributed by atoms with Crippen LogP contribution in [0.1, 0.15) is 44.9 Å². The van der Waals surface area contributed by atoms with Crippen LogP contribution in [0.3, 0.4) is 0 Å². The zero-order valence-corrected chi connectivity index (χ0v) is 19.2. The van der Waals surface area contributed by atoms with Gasteiger partial charge < -0.3 is 4.74 Å². The van der Waals surface area contributed by atoms with Crippen molar-refractivity contribution in [2.24, 2.45) is 0 Å². The van der Waals surface area contributed by atoms with Crippen LogP contribution in [0.5, 0.6) is 0 Å². The molecule has 0 unspecified atom stereocenters. The van der Waals surface area contributed by atoms with Crippen molar-refractivity contribution in [2.45, 2.75) is 25.9 Å². The van der Waals surface area contributed by atoms with Gasteiger partial charge >= 0.3 is 5.97 Å². The third-order valence-corrected chi connectivity index (χ3v) is 6.87. The second-order valence-corrected chi connectivity index (χ2v) is 9.47. The molecule has 0 spiro atoms. The van der Waals surface area contributed by atoms with Crippen molar-refractivity contribution in [3.8, 4) is 0 Å². The monoisotopic (exact) mass is 489 g/mol. The lowest BCUT2D eigenvalue weighted by molar-refractivity contribution is 0.0473. The van der Waals surface area contributed by atoms with Gasteiger partial charge in [-0.25, -0.2) is 9.78 Å². The first-order valence-electron chi connectivity index (χ1n) is 10.3. The molecule has 0 saturated heterocycles. The Hall–Kier alpha value is -2.76. The van der Waals surface area contributed by atoms with E-state index in [9.17, 15) is 4.79 Å². The molecule has 5 rings (SSSR count). The summed E-state index contributed by atoms with van der Waals surface area (Å²) < 4.78 is 6.77. The van der Waals surface area contributed by atoms with Crippen LogP contribution in [0.15, 0.2) is 70.5 Å². The van der Waals surface area contributed by atoms with E-state index in [4.69, 9.17) is 9.72 Å². The number of rotatable bonds is 4. The summed E-state index contributed by atoms with van der Waals surface area (Å²) in [5.41, 5.74) is 5.59. The van der Waals surface area contributed by atoms with Gasteiger partial charge in [-0.3, -0.25) is 0 Å². The van der Waals surface area contributed by atoms with Gasteiger partial charge in [0, 0.05) is 14.7 Å². The van der Waals surface area contributed by atoms with Gasteiger partial charge in [-0.05, 0) is 71.7 Å². The number of para-hydroxylation sites is 1. The number of nitrogens with zero attached hydrogens (tertiary/aromatic N) is 1. The van der Waals surface area contributed by atoms with E-state index in [1.165, 1.54) is 10.5 Å². The highest BCUT2D eigenvalue weighted by molar-refractivity contribution is 9.10. The number of allylic oxidation sites excluding steroid dienone is 1. The molecule has 31 heavy (non-hydrogen) atoms. The number of thiophene rings is 1. The molecule has 0 saturated carbocycles. The average Bonchev–Trinajstić information content (AvgIpc) is 3.30. The zero-order chi connectivity index (χ0) is 21.2. The summed E-state index contributed by atoms with van der Waals surface area (Å²) in [6.07, 6.45) is 5.00. The molecule has 154 valence electrons. The van der Waals surface area contributed by atoms with Gasteiger partial charge in [0.05, 0.1) is 16.8 Å². The lowest BCUT2D eigenvalue weighted by Gasteiger charge is -2.22. The number of fused-ring (bicyclic) bond motifs is 2. The van der Waals surface area contributed by atoms with Crippen molar-refractivity contribution < 1.29 is 9.53 Å². The number of hydrogen-bond acceptors (Lipinski definition) is 4. The van der Waals surface area contributed by atoms with E-state index >= 15 is 0 Å². The summed E-state index contributed by atoms with van der Waals surface area (Å²) in [6.45, 7) is 0.245. The van der Waals surface area contributed by atoms with Gasteiger partial charge in [0.15, 0.2) is 0 Å². The minimum Gasteiger partial charge on any atom is -0.457 e. The van der Waals surface area contributed by atoms with Crippen LogP contribution < -0.4 is 0 Å². The van der Waals surface area contributed by atoms with Gasteiger partial charge in [-0.15, -0.1) is 11.3 Å². The highest BCUT2D eigenvalue weighted by Gasteiger charge is 2.26. The highest BCUT2D eigenvalue weighted by Crippen LogP contribution is 2.37. The molecule has 3 nitrogen and oxygen atoms in total. The first-order chi connectivity index (χ1) is 15.2. The van der Waals surface area contributed by atoms with Crippen molar-refractivity contribution in [1.82, 2.24) is 4.98 Å². The van der Waals surface area contributed by atoms with E-state index in [0.29, 0.717) is 5.56 Å². The molecule has 2 aromatic heterocycles. The van der Waals surface area contributed by atoms with Crippen molar-refractivity contribution in [1.29, 1.82) is 0 Å². The number of carbonyl (C=O) groups is 1. The molecule has 0 bridgehead atoms. The number of halogens is 1. The summed E-state index contributed by atoms with van der Waals surface area (Å²) in [4.78, 5) is 19.5. The number of carbonyl (C=O) groups excluding carboxylic acids is 1. The van der Waals surface area contributed by atoms with Crippen LogP contribution >= 0.6 is 27.3 Å². The molecule has 0 fully saturated rings. The second kappa shape index (κ2) is 8.77. The van der Waals surface area contributed by atoms with E-state index in [1.54, 1.807) is 11.3 Å². The second-order valence-electron chi connectivity index (χ2n) is 7.57. The Labute approximate surface area is 193 Å². The molecular weight excluding hydrogens is 470 g/mol. The van der Waals surface area contributed by atoms with Crippen LogP contribution in [0.4, 0.5) is 0 Å². The van der Waals surface area contributed by atoms with Crippen molar-refractivity contribution in [3.05, 3.63) is 97.8 Å². The van der Waals surface area contributed by atoms with Gasteiger partial charge in [-0.2, -0.15) is 0 Å². The van der Waals surface area contributed by atoms with Crippen molar-refractivity contribution in [3.63, 3.8) is 0 Å². The standard InChI is InChI=1S/C26H20BrNO2S/c27-19-12-10-17(11-13-19)16-30-26(29)24-21-7-1-2-9-23(21)28-25-18(5-3-8-22(24)25)15-20-6-4-14-31-20/h1-2,4,6-7,9-15H,3,5,8,16H2. The summed E-state index contributed by atoms with van der Waals surface area (Å²) in [6, 6.07) is 19.8. The number of esters is 1. The van der Waals surface area contributed by atoms with Crippen LogP contribution in [-0.4, -0.2) is 11.0 Å². The quantitative estimate of drug-likeness (QED) is 0.282. The number of benzene rings is 2. The predicted octanol–water partition coefficient (Wildman–Crippen LogP) is 7.29. The first kappa shape index (κ1) is 20.2. The Morgan fingerprint density at radius 3 is 2.71 bits per heavy atom. The fraction of sp³-hybridized carbons (Fsp3) is 0.154. The van der Waals surface area contributed by atoms with Crippen LogP contribution in [0.25, 0.3) is 22.6 Å². The van der Waals surface area contributed by atoms with E-state index < -0.39 is 0 Å².